The minimum absolute atomic E-state index is 0.0207. The number of nitro benzene ring substituents is 1. The van der Waals surface area contributed by atoms with Gasteiger partial charge in [-0.15, -0.1) is 0 Å². The van der Waals surface area contributed by atoms with Gasteiger partial charge in [0.15, 0.2) is 0 Å². The van der Waals surface area contributed by atoms with Gasteiger partial charge in [0.1, 0.15) is 11.1 Å². The van der Waals surface area contributed by atoms with E-state index < -0.39 is 17.0 Å². The van der Waals surface area contributed by atoms with Crippen molar-refractivity contribution < 1.29 is 14.5 Å². The van der Waals surface area contributed by atoms with E-state index in [0.717, 1.165) is 11.6 Å². The summed E-state index contributed by atoms with van der Waals surface area (Å²) in [5.74, 6) is -0.633. The van der Waals surface area contributed by atoms with Crippen LogP contribution in [-0.4, -0.2) is 10.9 Å². The number of hydrogen-bond acceptors (Lipinski definition) is 4. The Morgan fingerprint density at radius 1 is 1.24 bits per heavy atom. The summed E-state index contributed by atoms with van der Waals surface area (Å²) in [5.41, 5.74) is 0.613. The van der Waals surface area contributed by atoms with E-state index in [2.05, 4.69) is 0 Å². The van der Waals surface area contributed by atoms with Crippen molar-refractivity contribution in [3.63, 3.8) is 0 Å². The van der Waals surface area contributed by atoms with Crippen LogP contribution < -0.4 is 0 Å². The largest absolute Gasteiger partial charge is 0.454 e. The third kappa shape index (κ3) is 3.58. The molecule has 0 aliphatic rings. The van der Waals surface area contributed by atoms with Crippen molar-refractivity contribution in [3.8, 4) is 0 Å². The molecule has 6 heteroatoms. The van der Waals surface area contributed by atoms with E-state index in [9.17, 15) is 14.9 Å². The molecule has 1 atom stereocenters. The molecule has 0 radical (unpaired) electrons. The summed E-state index contributed by atoms with van der Waals surface area (Å²) in [6, 6.07) is 13.0. The number of hydrogen-bond donors (Lipinski definition) is 0. The fourth-order valence-corrected chi connectivity index (χ4v) is 1.99. The van der Waals surface area contributed by atoms with E-state index >= 15 is 0 Å². The van der Waals surface area contributed by atoms with E-state index in [0.29, 0.717) is 0 Å². The van der Waals surface area contributed by atoms with Crippen molar-refractivity contribution in [3.05, 3.63) is 74.8 Å². The maximum Gasteiger partial charge on any atom is 0.338 e. The van der Waals surface area contributed by atoms with Gasteiger partial charge in [-0.2, -0.15) is 0 Å². The minimum Gasteiger partial charge on any atom is -0.454 e. The van der Waals surface area contributed by atoms with E-state index in [-0.39, 0.29) is 16.3 Å². The van der Waals surface area contributed by atoms with Gasteiger partial charge < -0.3 is 4.74 Å². The lowest BCUT2D eigenvalue weighted by molar-refractivity contribution is -0.384. The summed E-state index contributed by atoms with van der Waals surface area (Å²) in [6.45, 7) is 1.73. The maximum atomic E-state index is 12.0. The molecule has 0 bridgehead atoms. The number of carbonyl (C=O) groups excluding carboxylic acids is 1. The zero-order valence-corrected chi connectivity index (χ0v) is 11.9. The average molecular weight is 306 g/mol. The summed E-state index contributed by atoms with van der Waals surface area (Å²) in [5, 5.41) is 10.8. The zero-order valence-electron chi connectivity index (χ0n) is 11.2. The summed E-state index contributed by atoms with van der Waals surface area (Å²) in [6.07, 6.45) is -0.451. The Morgan fingerprint density at radius 3 is 2.52 bits per heavy atom. The van der Waals surface area contributed by atoms with Crippen LogP contribution >= 0.6 is 11.6 Å². The van der Waals surface area contributed by atoms with Gasteiger partial charge in [-0.25, -0.2) is 4.79 Å². The molecule has 5 nitrogen and oxygen atoms in total. The van der Waals surface area contributed by atoms with Gasteiger partial charge >= 0.3 is 5.97 Å². The molecule has 21 heavy (non-hydrogen) atoms. The number of nitro groups is 1. The van der Waals surface area contributed by atoms with E-state index in [1.54, 1.807) is 6.92 Å². The zero-order chi connectivity index (χ0) is 15.4. The Labute approximate surface area is 126 Å². The summed E-state index contributed by atoms with van der Waals surface area (Å²) in [4.78, 5) is 22.2. The molecule has 0 saturated carbocycles. The van der Waals surface area contributed by atoms with Crippen molar-refractivity contribution in [2.75, 3.05) is 0 Å². The highest BCUT2D eigenvalue weighted by Gasteiger charge is 2.19. The lowest BCUT2D eigenvalue weighted by Crippen LogP contribution is -2.09. The first kappa shape index (κ1) is 15.0. The third-order valence-corrected chi connectivity index (χ3v) is 3.25. The molecule has 0 heterocycles. The minimum atomic E-state index is -0.639. The van der Waals surface area contributed by atoms with Gasteiger partial charge in [-0.1, -0.05) is 41.9 Å². The summed E-state index contributed by atoms with van der Waals surface area (Å²) in [7, 11) is 0. The Kier molecular flexibility index (Phi) is 4.55. The highest BCUT2D eigenvalue weighted by atomic mass is 35.5. The van der Waals surface area contributed by atoms with Gasteiger partial charge in [0.25, 0.3) is 5.69 Å². The molecule has 0 aliphatic carbocycles. The van der Waals surface area contributed by atoms with E-state index in [4.69, 9.17) is 16.3 Å². The van der Waals surface area contributed by atoms with Crippen LogP contribution in [0, 0.1) is 10.1 Å². The molecule has 108 valence electrons. The van der Waals surface area contributed by atoms with E-state index in [1.165, 1.54) is 12.1 Å². The van der Waals surface area contributed by atoms with Crippen LogP contribution in [0.3, 0.4) is 0 Å². The summed E-state index contributed by atoms with van der Waals surface area (Å²) < 4.78 is 5.29. The first-order chi connectivity index (χ1) is 9.99. The highest BCUT2D eigenvalue weighted by Crippen LogP contribution is 2.26. The van der Waals surface area contributed by atoms with Gasteiger partial charge in [0.05, 0.1) is 10.5 Å². The summed E-state index contributed by atoms with van der Waals surface area (Å²) >= 11 is 5.70. The topological polar surface area (TPSA) is 69.4 Å². The van der Waals surface area contributed by atoms with Crippen molar-refractivity contribution in [1.82, 2.24) is 0 Å². The van der Waals surface area contributed by atoms with Crippen LogP contribution in [0.1, 0.15) is 28.9 Å². The van der Waals surface area contributed by atoms with Gasteiger partial charge in [0.2, 0.25) is 0 Å². The fourth-order valence-electron chi connectivity index (χ4n) is 1.80. The third-order valence-electron chi connectivity index (χ3n) is 2.93. The molecule has 0 spiro atoms. The second kappa shape index (κ2) is 6.37. The normalized spacial score (nSPS) is 11.7. The van der Waals surface area contributed by atoms with Crippen molar-refractivity contribution in [2.45, 2.75) is 13.0 Å². The maximum absolute atomic E-state index is 12.0. The van der Waals surface area contributed by atoms with Crippen LogP contribution in [0.25, 0.3) is 0 Å². The van der Waals surface area contributed by atoms with Gasteiger partial charge in [-0.3, -0.25) is 10.1 Å². The van der Waals surface area contributed by atoms with E-state index in [1.807, 2.05) is 30.3 Å². The van der Waals surface area contributed by atoms with Crippen LogP contribution in [0.4, 0.5) is 5.69 Å². The molecule has 0 saturated heterocycles. The fraction of sp³-hybridized carbons (Fsp3) is 0.133. The molecule has 0 aromatic heterocycles. The standard InChI is InChI=1S/C15H12ClNO4/c1-10(11-5-3-2-4-6-11)21-15(18)12-7-8-13(16)14(9-12)17(19)20/h2-10H,1H3/t10-/m1/s1. The SMILES string of the molecule is C[C@@H](OC(=O)c1ccc(Cl)c([N+](=O)[O-])c1)c1ccccc1. The molecule has 2 aromatic rings. The lowest BCUT2D eigenvalue weighted by atomic mass is 10.1. The number of ether oxygens (including phenoxy) is 1. The Balaban J connectivity index is 2.17. The van der Waals surface area contributed by atoms with Gasteiger partial charge in [0, 0.05) is 6.07 Å². The molecule has 2 rings (SSSR count). The van der Waals surface area contributed by atoms with Gasteiger partial charge in [-0.05, 0) is 24.6 Å². The predicted octanol–water partition coefficient (Wildman–Crippen LogP) is 4.17. The molecule has 0 unspecified atom stereocenters. The monoisotopic (exact) mass is 305 g/mol. The Morgan fingerprint density at radius 2 is 1.90 bits per heavy atom. The van der Waals surface area contributed by atoms with Crippen LogP contribution in [0.15, 0.2) is 48.5 Å². The predicted molar refractivity (Wildman–Crippen MR) is 78.4 cm³/mol. The van der Waals surface area contributed by atoms with Crippen LogP contribution in [-0.2, 0) is 4.74 Å². The number of halogens is 1. The highest BCUT2D eigenvalue weighted by molar-refractivity contribution is 6.32. The molecule has 0 amide bonds. The van der Waals surface area contributed by atoms with Crippen molar-refractivity contribution in [2.24, 2.45) is 0 Å². The van der Waals surface area contributed by atoms with Crippen molar-refractivity contribution >= 4 is 23.3 Å². The molecule has 0 N–H and O–H groups in total. The number of esters is 1. The molecule has 0 aliphatic heterocycles. The number of benzene rings is 2. The first-order valence-electron chi connectivity index (χ1n) is 6.19. The lowest BCUT2D eigenvalue weighted by Gasteiger charge is -2.13. The number of nitrogens with zero attached hydrogens (tertiary/aromatic N) is 1. The molecule has 0 fully saturated rings. The van der Waals surface area contributed by atoms with Crippen LogP contribution in [0.5, 0.6) is 0 Å². The van der Waals surface area contributed by atoms with Crippen molar-refractivity contribution in [1.29, 1.82) is 0 Å². The first-order valence-corrected chi connectivity index (χ1v) is 6.56. The quantitative estimate of drug-likeness (QED) is 0.483. The van der Waals surface area contributed by atoms with Crippen LogP contribution in [0.2, 0.25) is 5.02 Å². The second-order valence-electron chi connectivity index (χ2n) is 4.38. The molecular weight excluding hydrogens is 294 g/mol. The molecular formula is C15H12ClNO4. The number of carbonyl (C=O) groups is 1. The number of rotatable bonds is 4. The Hall–Kier alpha value is -2.40. The average Bonchev–Trinajstić information content (AvgIpc) is 2.48. The molecule has 2 aromatic carbocycles. The second-order valence-corrected chi connectivity index (χ2v) is 4.79. The smallest absolute Gasteiger partial charge is 0.338 e. The Bertz CT molecular complexity index is 673.